The predicted molar refractivity (Wildman–Crippen MR) is 68.1 cm³/mol. The Morgan fingerprint density at radius 2 is 2.00 bits per heavy atom. The van der Waals surface area contributed by atoms with Crippen molar-refractivity contribution in [3.63, 3.8) is 0 Å². The number of carboxylic acids is 1. The monoisotopic (exact) mass is 261 g/mol. The van der Waals surface area contributed by atoms with Gasteiger partial charge in [-0.05, 0) is 37.5 Å². The first-order valence-corrected chi connectivity index (χ1v) is 6.52. The molecule has 2 atom stereocenters. The van der Waals surface area contributed by atoms with Crippen molar-refractivity contribution >= 4 is 17.7 Å². The van der Waals surface area contributed by atoms with Gasteiger partial charge in [-0.15, -0.1) is 0 Å². The highest BCUT2D eigenvalue weighted by Crippen LogP contribution is 2.30. The number of amides is 1. The Hall–Kier alpha value is -1.91. The van der Waals surface area contributed by atoms with E-state index in [9.17, 15) is 14.7 Å². The highest BCUT2D eigenvalue weighted by atomic mass is 16.4. The number of aryl methyl sites for hydroxylation is 1. The Morgan fingerprint density at radius 3 is 2.63 bits per heavy atom. The van der Waals surface area contributed by atoms with Gasteiger partial charge in [0.2, 0.25) is 5.91 Å². The molecule has 1 fully saturated rings. The van der Waals surface area contributed by atoms with E-state index in [0.29, 0.717) is 18.7 Å². The number of carbonyl (C=O) groups excluding carboxylic acids is 2. The Morgan fingerprint density at radius 1 is 1.32 bits per heavy atom. The van der Waals surface area contributed by atoms with Gasteiger partial charge in [-0.2, -0.15) is 0 Å². The number of aliphatic carboxylic acids is 1. The van der Waals surface area contributed by atoms with Crippen LogP contribution in [0.1, 0.15) is 31.2 Å². The molecule has 102 valence electrons. The molecule has 1 aromatic heterocycles. The molecule has 0 saturated heterocycles. The number of aromatic nitrogens is 1. The van der Waals surface area contributed by atoms with Gasteiger partial charge < -0.3 is 15.2 Å². The number of nitrogens with zero attached hydrogens (tertiary/aromatic N) is 1. The van der Waals surface area contributed by atoms with Crippen LogP contribution in [-0.2, 0) is 9.59 Å². The zero-order valence-electron chi connectivity index (χ0n) is 10.9. The summed E-state index contributed by atoms with van der Waals surface area (Å²) in [6, 6.07) is 3.59. The van der Waals surface area contributed by atoms with E-state index in [2.05, 4.69) is 10.3 Å². The van der Waals surface area contributed by atoms with E-state index in [1.165, 1.54) is 0 Å². The predicted octanol–water partition coefficient (Wildman–Crippen LogP) is 0.885. The number of anilines is 1. The normalized spacial score (nSPS) is 22.8. The van der Waals surface area contributed by atoms with Crippen molar-refractivity contribution in [1.29, 1.82) is 0 Å². The van der Waals surface area contributed by atoms with Gasteiger partial charge in [-0.3, -0.25) is 4.79 Å². The maximum Gasteiger partial charge on any atom is 0.229 e. The van der Waals surface area contributed by atoms with E-state index in [0.717, 1.165) is 18.4 Å². The van der Waals surface area contributed by atoms with Crippen LogP contribution in [0.4, 0.5) is 5.82 Å². The van der Waals surface area contributed by atoms with Crippen LogP contribution in [0.3, 0.4) is 0 Å². The van der Waals surface area contributed by atoms with Gasteiger partial charge >= 0.3 is 0 Å². The molecular weight excluding hydrogens is 244 g/mol. The average Bonchev–Trinajstić information content (AvgIpc) is 2.38. The first-order valence-electron chi connectivity index (χ1n) is 6.52. The molecule has 0 bridgehead atoms. The van der Waals surface area contributed by atoms with E-state index < -0.39 is 17.8 Å². The molecule has 1 saturated carbocycles. The number of nitrogens with one attached hydrogen (secondary N) is 1. The Kier molecular flexibility index (Phi) is 4.14. The van der Waals surface area contributed by atoms with Gasteiger partial charge in [0.05, 0.1) is 0 Å². The smallest absolute Gasteiger partial charge is 0.229 e. The number of hydrogen-bond acceptors (Lipinski definition) is 4. The molecule has 1 aliphatic rings. The minimum atomic E-state index is -1.13. The van der Waals surface area contributed by atoms with Crippen LogP contribution < -0.4 is 10.4 Å². The summed E-state index contributed by atoms with van der Waals surface area (Å²) in [7, 11) is 0. The molecule has 0 aromatic carbocycles. The molecule has 1 aliphatic carbocycles. The maximum atomic E-state index is 12.2. The molecule has 1 aromatic rings. The van der Waals surface area contributed by atoms with Crippen molar-refractivity contribution < 1.29 is 14.7 Å². The van der Waals surface area contributed by atoms with E-state index in [-0.39, 0.29) is 5.91 Å². The second-order valence-corrected chi connectivity index (χ2v) is 5.02. The van der Waals surface area contributed by atoms with Crippen LogP contribution >= 0.6 is 0 Å². The van der Waals surface area contributed by atoms with E-state index in [1.807, 2.05) is 13.0 Å². The van der Waals surface area contributed by atoms with Gasteiger partial charge in [0.1, 0.15) is 5.82 Å². The fourth-order valence-corrected chi connectivity index (χ4v) is 2.55. The highest BCUT2D eigenvalue weighted by Gasteiger charge is 2.31. The van der Waals surface area contributed by atoms with Crippen molar-refractivity contribution in [2.45, 2.75) is 32.6 Å². The molecule has 1 amide bonds. The quantitative estimate of drug-likeness (QED) is 0.875. The molecule has 1 N–H and O–H groups in total. The first kappa shape index (κ1) is 13.5. The summed E-state index contributed by atoms with van der Waals surface area (Å²) < 4.78 is 0. The van der Waals surface area contributed by atoms with Gasteiger partial charge in [0.15, 0.2) is 0 Å². The maximum absolute atomic E-state index is 12.2. The van der Waals surface area contributed by atoms with Crippen LogP contribution in [-0.4, -0.2) is 16.9 Å². The number of hydrogen-bond donors (Lipinski definition) is 1. The lowest BCUT2D eigenvalue weighted by Gasteiger charge is -2.31. The molecule has 5 nitrogen and oxygen atoms in total. The third-order valence-corrected chi connectivity index (χ3v) is 3.57. The molecular formula is C14H17N2O3-. The second-order valence-electron chi connectivity index (χ2n) is 5.02. The van der Waals surface area contributed by atoms with Gasteiger partial charge in [-0.1, -0.05) is 12.8 Å². The van der Waals surface area contributed by atoms with Crippen molar-refractivity contribution in [1.82, 2.24) is 4.98 Å². The summed E-state index contributed by atoms with van der Waals surface area (Å²) in [6.07, 6.45) is 4.44. The largest absolute Gasteiger partial charge is 0.550 e. The van der Waals surface area contributed by atoms with Crippen LogP contribution in [0.25, 0.3) is 0 Å². The van der Waals surface area contributed by atoms with Crippen LogP contribution in [0.2, 0.25) is 0 Å². The van der Waals surface area contributed by atoms with Gasteiger partial charge in [0.25, 0.3) is 0 Å². The lowest BCUT2D eigenvalue weighted by Crippen LogP contribution is -2.42. The molecule has 0 aliphatic heterocycles. The van der Waals surface area contributed by atoms with Crippen LogP contribution in [0.5, 0.6) is 0 Å². The zero-order valence-corrected chi connectivity index (χ0v) is 10.9. The summed E-state index contributed by atoms with van der Waals surface area (Å²) in [4.78, 5) is 27.3. The SMILES string of the molecule is Cc1ccnc(NC(=O)[C@@H]2CCCC[C@H]2C(=O)[O-])c1. The van der Waals surface area contributed by atoms with Crippen molar-refractivity contribution in [3.8, 4) is 0 Å². The summed E-state index contributed by atoms with van der Waals surface area (Å²) in [6.45, 7) is 1.90. The number of pyridine rings is 1. The third-order valence-electron chi connectivity index (χ3n) is 3.57. The molecule has 0 unspecified atom stereocenters. The third kappa shape index (κ3) is 3.30. The van der Waals surface area contributed by atoms with E-state index in [4.69, 9.17) is 0 Å². The van der Waals surface area contributed by atoms with Crippen molar-refractivity contribution in [2.24, 2.45) is 11.8 Å². The molecule has 0 spiro atoms. The van der Waals surface area contributed by atoms with Crippen molar-refractivity contribution in [2.75, 3.05) is 5.32 Å². The summed E-state index contributed by atoms with van der Waals surface area (Å²) >= 11 is 0. The van der Waals surface area contributed by atoms with Crippen molar-refractivity contribution in [3.05, 3.63) is 23.9 Å². The fraction of sp³-hybridized carbons (Fsp3) is 0.500. The topological polar surface area (TPSA) is 82.1 Å². The van der Waals surface area contributed by atoms with Gasteiger partial charge in [-0.25, -0.2) is 4.98 Å². The van der Waals surface area contributed by atoms with E-state index in [1.54, 1.807) is 12.3 Å². The Balaban J connectivity index is 2.07. The molecule has 0 radical (unpaired) electrons. The molecule has 2 rings (SSSR count). The average molecular weight is 261 g/mol. The Bertz CT molecular complexity index is 487. The fourth-order valence-electron chi connectivity index (χ4n) is 2.55. The van der Waals surface area contributed by atoms with Crippen LogP contribution in [0, 0.1) is 18.8 Å². The van der Waals surface area contributed by atoms with Gasteiger partial charge in [0, 0.05) is 24.0 Å². The first-order chi connectivity index (χ1) is 9.08. The summed E-state index contributed by atoms with van der Waals surface area (Å²) in [5.41, 5.74) is 0.991. The highest BCUT2D eigenvalue weighted by molar-refractivity contribution is 5.94. The number of carboxylic acid groups (broad SMARTS) is 1. The van der Waals surface area contributed by atoms with E-state index >= 15 is 0 Å². The number of rotatable bonds is 3. The lowest BCUT2D eigenvalue weighted by molar-refractivity contribution is -0.313. The number of carbonyl (C=O) groups is 2. The minimum Gasteiger partial charge on any atom is -0.550 e. The Labute approximate surface area is 112 Å². The van der Waals surface area contributed by atoms with Crippen LogP contribution in [0.15, 0.2) is 18.3 Å². The minimum absolute atomic E-state index is 0.271. The zero-order chi connectivity index (χ0) is 13.8. The summed E-state index contributed by atoms with van der Waals surface area (Å²) in [5.74, 6) is -2.13. The summed E-state index contributed by atoms with van der Waals surface area (Å²) in [5, 5.41) is 13.8. The second kappa shape index (κ2) is 5.82. The molecule has 5 heteroatoms. The lowest BCUT2D eigenvalue weighted by atomic mass is 9.79. The molecule has 1 heterocycles. The molecule has 19 heavy (non-hydrogen) atoms. The standard InChI is InChI=1S/C14H18N2O3/c1-9-6-7-15-12(8-9)16-13(17)10-4-2-3-5-11(10)14(18)19/h6-8,10-11H,2-5H2,1H3,(H,18,19)(H,15,16,17)/p-1/t10-,11-/m1/s1.